The van der Waals surface area contributed by atoms with Crippen molar-refractivity contribution in [3.8, 4) is 0 Å². The lowest BCUT2D eigenvalue weighted by molar-refractivity contribution is -0.152. The smallest absolute Gasteiger partial charge is 0.309 e. The number of fused-ring (bicyclic) bond motifs is 5. The van der Waals surface area contributed by atoms with Crippen LogP contribution in [0.2, 0.25) is 0 Å². The van der Waals surface area contributed by atoms with Crippen LogP contribution < -0.4 is 0 Å². The molecule has 9 atom stereocenters. The average molecular weight is 482 g/mol. The topological polar surface area (TPSA) is 57.6 Å². The number of hydrogen-bond donors (Lipinski definition) is 1. The van der Waals surface area contributed by atoms with Gasteiger partial charge in [0.05, 0.1) is 5.41 Å². The van der Waals surface area contributed by atoms with Crippen LogP contribution in [0.25, 0.3) is 0 Å². The van der Waals surface area contributed by atoms with Crippen molar-refractivity contribution in [2.75, 3.05) is 7.05 Å². The lowest BCUT2D eigenvalue weighted by Gasteiger charge is -2.55. The van der Waals surface area contributed by atoms with Gasteiger partial charge in [-0.3, -0.25) is 9.59 Å². The van der Waals surface area contributed by atoms with Gasteiger partial charge >= 0.3 is 5.97 Å². The number of carboxylic acids is 1. The van der Waals surface area contributed by atoms with Gasteiger partial charge in [0.2, 0.25) is 5.91 Å². The quantitative estimate of drug-likeness (QED) is 0.488. The Hall–Kier alpha value is -1.06. The summed E-state index contributed by atoms with van der Waals surface area (Å²) in [7, 11) is 2.10. The molecule has 0 aromatic rings. The van der Waals surface area contributed by atoms with Crippen LogP contribution in [0.5, 0.6) is 0 Å². The van der Waals surface area contributed by atoms with Gasteiger partial charge in [0.1, 0.15) is 0 Å². The molecule has 0 aromatic carbocycles. The monoisotopic (exact) mass is 481 g/mol. The Bertz CT molecular complexity index is 892. The summed E-state index contributed by atoms with van der Waals surface area (Å²) in [5, 5.41) is 10.5. The molecule has 7 saturated carbocycles. The Morgan fingerprint density at radius 3 is 2.29 bits per heavy atom. The van der Waals surface area contributed by atoms with E-state index in [1.807, 2.05) is 0 Å². The van der Waals surface area contributed by atoms with E-state index >= 15 is 0 Å². The van der Waals surface area contributed by atoms with E-state index in [1.165, 1.54) is 83.5 Å². The van der Waals surface area contributed by atoms with Crippen LogP contribution in [0, 0.1) is 51.8 Å². The summed E-state index contributed by atoms with van der Waals surface area (Å²) in [6, 6.07) is 0.475. The summed E-state index contributed by atoms with van der Waals surface area (Å²) in [5.41, 5.74) is 0.229. The van der Waals surface area contributed by atoms with Crippen molar-refractivity contribution >= 4 is 11.9 Å². The van der Waals surface area contributed by atoms with Gasteiger partial charge in [0, 0.05) is 19.0 Å². The molecule has 7 aliphatic rings. The van der Waals surface area contributed by atoms with Crippen LogP contribution in [-0.4, -0.2) is 35.0 Å². The van der Waals surface area contributed by atoms with Crippen molar-refractivity contribution in [1.82, 2.24) is 4.90 Å². The zero-order valence-electron chi connectivity index (χ0n) is 22.0. The first-order valence-corrected chi connectivity index (χ1v) is 15.3. The number of nitrogens with zero attached hydrogens (tertiary/aromatic N) is 1. The van der Waals surface area contributed by atoms with Gasteiger partial charge in [0.25, 0.3) is 0 Å². The van der Waals surface area contributed by atoms with E-state index < -0.39 is 11.4 Å². The summed E-state index contributed by atoms with van der Waals surface area (Å²) >= 11 is 0. The molecule has 7 fully saturated rings. The fourth-order valence-corrected chi connectivity index (χ4v) is 12.2. The Morgan fingerprint density at radius 2 is 1.51 bits per heavy atom. The average Bonchev–Trinajstić information content (AvgIpc) is 3.14. The minimum Gasteiger partial charge on any atom is -0.481 e. The molecule has 0 heterocycles. The van der Waals surface area contributed by atoms with E-state index in [-0.39, 0.29) is 11.3 Å². The Kier molecular flexibility index (Phi) is 5.26. The van der Waals surface area contributed by atoms with Gasteiger partial charge < -0.3 is 10.0 Å². The number of carbonyl (C=O) groups is 2. The summed E-state index contributed by atoms with van der Waals surface area (Å²) in [4.78, 5) is 28.7. The first kappa shape index (κ1) is 23.1. The van der Waals surface area contributed by atoms with Gasteiger partial charge in [-0.15, -0.1) is 0 Å². The van der Waals surface area contributed by atoms with E-state index in [2.05, 4.69) is 11.9 Å². The van der Waals surface area contributed by atoms with Crippen LogP contribution in [0.4, 0.5) is 0 Å². The summed E-state index contributed by atoms with van der Waals surface area (Å²) in [6.45, 7) is 0. The lowest BCUT2D eigenvalue weighted by atomic mass is 9.50. The molecule has 7 aliphatic carbocycles. The van der Waals surface area contributed by atoms with E-state index in [4.69, 9.17) is 0 Å². The van der Waals surface area contributed by atoms with Crippen LogP contribution >= 0.6 is 0 Å². The zero-order chi connectivity index (χ0) is 24.0. The molecule has 0 spiro atoms. The van der Waals surface area contributed by atoms with Crippen molar-refractivity contribution in [2.45, 2.75) is 122 Å². The lowest BCUT2D eigenvalue weighted by Crippen LogP contribution is -2.47. The third-order valence-corrected chi connectivity index (χ3v) is 13.5. The highest BCUT2D eigenvalue weighted by molar-refractivity contribution is 5.79. The molecule has 1 amide bonds. The third kappa shape index (κ3) is 3.29. The second-order valence-corrected chi connectivity index (χ2v) is 14.9. The Balaban J connectivity index is 1.15. The summed E-state index contributed by atoms with van der Waals surface area (Å²) in [6.07, 6.45) is 21.8. The normalized spacial score (nSPS) is 50.7. The summed E-state index contributed by atoms with van der Waals surface area (Å²) < 4.78 is 0. The fourth-order valence-electron chi connectivity index (χ4n) is 12.2. The number of hydrogen-bond acceptors (Lipinski definition) is 2. The summed E-state index contributed by atoms with van der Waals surface area (Å²) in [5.74, 6) is 3.60. The van der Waals surface area contributed by atoms with Crippen molar-refractivity contribution in [1.29, 1.82) is 0 Å². The van der Waals surface area contributed by atoms with Crippen LogP contribution in [0.15, 0.2) is 0 Å². The Labute approximate surface area is 212 Å². The maximum absolute atomic E-state index is 13.7. The van der Waals surface area contributed by atoms with Crippen molar-refractivity contribution in [2.24, 2.45) is 51.8 Å². The number of amides is 1. The minimum atomic E-state index is -0.467. The molecule has 6 bridgehead atoms. The number of carbonyl (C=O) groups excluding carboxylic acids is 1. The second-order valence-electron chi connectivity index (χ2n) is 14.9. The van der Waals surface area contributed by atoms with E-state index in [1.54, 1.807) is 0 Å². The molecule has 1 N–H and O–H groups in total. The number of aliphatic carboxylic acids is 1. The molecule has 0 saturated heterocycles. The molecular formula is C31H47NO3. The highest BCUT2D eigenvalue weighted by Crippen LogP contribution is 2.77. The molecule has 0 aliphatic heterocycles. The third-order valence-electron chi connectivity index (χ3n) is 13.5. The zero-order valence-corrected chi connectivity index (χ0v) is 22.0. The van der Waals surface area contributed by atoms with E-state index in [9.17, 15) is 14.7 Å². The molecule has 194 valence electrons. The predicted molar refractivity (Wildman–Crippen MR) is 136 cm³/mol. The second kappa shape index (κ2) is 7.97. The molecule has 0 radical (unpaired) electrons. The SMILES string of the molecule is CN(C(=O)C1CC2CC3CC(C45CC6CCCC(C(=O)O)(C4)C(C6)C5)(C2)CC3C1)C1CCCCC1. The Morgan fingerprint density at radius 1 is 0.771 bits per heavy atom. The van der Waals surface area contributed by atoms with Gasteiger partial charge in [-0.1, -0.05) is 32.1 Å². The van der Waals surface area contributed by atoms with Crippen LogP contribution in [0.1, 0.15) is 116 Å². The highest BCUT2D eigenvalue weighted by Gasteiger charge is 2.71. The minimum absolute atomic E-state index is 0.239. The van der Waals surface area contributed by atoms with Crippen LogP contribution in [0.3, 0.4) is 0 Å². The highest BCUT2D eigenvalue weighted by atomic mass is 16.4. The number of rotatable bonds is 4. The van der Waals surface area contributed by atoms with Gasteiger partial charge in [-0.25, -0.2) is 0 Å². The van der Waals surface area contributed by atoms with Gasteiger partial charge in [-0.2, -0.15) is 0 Å². The molecule has 4 nitrogen and oxygen atoms in total. The molecule has 4 heteroatoms. The molecule has 0 aromatic heterocycles. The molecule has 35 heavy (non-hydrogen) atoms. The fraction of sp³-hybridized carbons (Fsp3) is 0.935. The van der Waals surface area contributed by atoms with Gasteiger partial charge in [0.15, 0.2) is 0 Å². The maximum atomic E-state index is 13.7. The van der Waals surface area contributed by atoms with E-state index in [0.29, 0.717) is 35.1 Å². The predicted octanol–water partition coefficient (Wildman–Crippen LogP) is 6.67. The first-order valence-electron chi connectivity index (χ1n) is 15.3. The first-order chi connectivity index (χ1) is 16.8. The standard InChI is InChI=1S/C31H47NO3/c1-32(26-7-3-2-4-8-26)27(33)22-10-21-11-23-16-29(15-21,17-24(23)13-22)30-14-20-6-5-9-31(19-30,28(34)35)25(12-20)18-30/h20-26H,2-19H2,1H3,(H,34,35). The van der Waals surface area contributed by atoms with Crippen molar-refractivity contribution in [3.63, 3.8) is 0 Å². The van der Waals surface area contributed by atoms with Crippen molar-refractivity contribution in [3.05, 3.63) is 0 Å². The van der Waals surface area contributed by atoms with Crippen LogP contribution in [-0.2, 0) is 9.59 Å². The largest absolute Gasteiger partial charge is 0.481 e. The van der Waals surface area contributed by atoms with Gasteiger partial charge in [-0.05, 0) is 124 Å². The van der Waals surface area contributed by atoms with Crippen molar-refractivity contribution < 1.29 is 14.7 Å². The maximum Gasteiger partial charge on any atom is 0.309 e. The van der Waals surface area contributed by atoms with E-state index in [0.717, 1.165) is 43.9 Å². The molecule has 7 rings (SSSR count). The molecular weight excluding hydrogens is 434 g/mol. The molecule has 9 unspecified atom stereocenters. The number of carboxylic acid groups (broad SMARTS) is 1.